The van der Waals surface area contributed by atoms with Crippen molar-refractivity contribution in [2.24, 2.45) is 5.92 Å². The van der Waals surface area contributed by atoms with Crippen LogP contribution in [0.25, 0.3) is 0 Å². The Morgan fingerprint density at radius 3 is 3.00 bits per heavy atom. The summed E-state index contributed by atoms with van der Waals surface area (Å²) in [6.07, 6.45) is 6.86. The van der Waals surface area contributed by atoms with E-state index in [0.29, 0.717) is 0 Å². The smallest absolute Gasteiger partial charge is 0.0587 e. The molecule has 1 aliphatic rings. The first kappa shape index (κ1) is 14.9. The molecule has 1 aliphatic heterocycles. The Kier molecular flexibility index (Phi) is 8.67. The highest BCUT2D eigenvalue weighted by molar-refractivity contribution is 4.74. The predicted molar refractivity (Wildman–Crippen MR) is 73.4 cm³/mol. The van der Waals surface area contributed by atoms with Gasteiger partial charge in [-0.05, 0) is 44.8 Å². The Bertz CT molecular complexity index is 176. The number of ether oxygens (including phenoxy) is 1. The molecule has 0 radical (unpaired) electrons. The van der Waals surface area contributed by atoms with Crippen molar-refractivity contribution in [1.82, 2.24) is 10.2 Å². The van der Waals surface area contributed by atoms with Gasteiger partial charge in [-0.2, -0.15) is 0 Å². The van der Waals surface area contributed by atoms with Crippen molar-refractivity contribution < 1.29 is 4.74 Å². The fourth-order valence-electron chi connectivity index (χ4n) is 2.59. The summed E-state index contributed by atoms with van der Waals surface area (Å²) >= 11 is 0. The Balaban J connectivity index is 2.06. The van der Waals surface area contributed by atoms with Crippen LogP contribution in [-0.4, -0.2) is 51.3 Å². The summed E-state index contributed by atoms with van der Waals surface area (Å²) in [5.74, 6) is 0.849. The van der Waals surface area contributed by atoms with E-state index in [-0.39, 0.29) is 0 Å². The van der Waals surface area contributed by atoms with Gasteiger partial charge in [-0.25, -0.2) is 0 Å². The molecule has 102 valence electrons. The molecule has 0 spiro atoms. The van der Waals surface area contributed by atoms with Crippen molar-refractivity contribution in [3.63, 3.8) is 0 Å². The Morgan fingerprint density at radius 1 is 1.35 bits per heavy atom. The molecule has 3 heteroatoms. The number of hydrogen-bond acceptors (Lipinski definition) is 3. The van der Waals surface area contributed by atoms with E-state index in [9.17, 15) is 0 Å². The summed E-state index contributed by atoms with van der Waals surface area (Å²) in [6, 6.07) is 0. The number of nitrogens with one attached hydrogen (secondary N) is 1. The van der Waals surface area contributed by atoms with Gasteiger partial charge in [0.25, 0.3) is 0 Å². The van der Waals surface area contributed by atoms with Gasteiger partial charge in [0.2, 0.25) is 0 Å². The summed E-state index contributed by atoms with van der Waals surface area (Å²) in [5.41, 5.74) is 0. The molecule has 0 aromatic rings. The van der Waals surface area contributed by atoms with Gasteiger partial charge in [0.1, 0.15) is 0 Å². The largest absolute Gasteiger partial charge is 0.383 e. The topological polar surface area (TPSA) is 24.5 Å². The second-order valence-corrected chi connectivity index (χ2v) is 5.21. The highest BCUT2D eigenvalue weighted by Gasteiger charge is 2.18. The Hall–Kier alpha value is -0.120. The lowest BCUT2D eigenvalue weighted by Crippen LogP contribution is -2.40. The minimum absolute atomic E-state index is 0.826. The summed E-state index contributed by atoms with van der Waals surface area (Å²) < 4.78 is 5.04. The maximum Gasteiger partial charge on any atom is 0.0587 e. The van der Waals surface area contributed by atoms with Gasteiger partial charge in [-0.3, -0.25) is 0 Å². The molecule has 1 N–H and O–H groups in total. The van der Waals surface area contributed by atoms with Crippen LogP contribution in [0.4, 0.5) is 0 Å². The summed E-state index contributed by atoms with van der Waals surface area (Å²) in [7, 11) is 1.76. The molecule has 0 aromatic heterocycles. The highest BCUT2D eigenvalue weighted by atomic mass is 16.5. The average Bonchev–Trinajstić information content (AvgIpc) is 2.36. The van der Waals surface area contributed by atoms with Crippen molar-refractivity contribution in [2.45, 2.75) is 39.0 Å². The van der Waals surface area contributed by atoms with Gasteiger partial charge < -0.3 is 15.0 Å². The SMILES string of the molecule is CCCCCN1CCCC(CNCCOC)C1. The quantitative estimate of drug-likeness (QED) is 0.627. The maximum absolute atomic E-state index is 5.04. The van der Waals surface area contributed by atoms with Crippen molar-refractivity contribution >= 4 is 0 Å². The predicted octanol–water partition coefficient (Wildman–Crippen LogP) is 2.12. The van der Waals surface area contributed by atoms with E-state index in [4.69, 9.17) is 4.74 Å². The van der Waals surface area contributed by atoms with Crippen LogP contribution in [0.1, 0.15) is 39.0 Å². The number of methoxy groups -OCH3 is 1. The molecule has 0 aliphatic carbocycles. The van der Waals surface area contributed by atoms with Crippen LogP contribution in [-0.2, 0) is 4.74 Å². The van der Waals surface area contributed by atoms with Crippen LogP contribution in [0.5, 0.6) is 0 Å². The number of unbranched alkanes of at least 4 members (excludes halogenated alkanes) is 2. The van der Waals surface area contributed by atoms with Gasteiger partial charge >= 0.3 is 0 Å². The zero-order valence-corrected chi connectivity index (χ0v) is 11.7. The number of nitrogens with zero attached hydrogens (tertiary/aromatic N) is 1. The first-order chi connectivity index (χ1) is 8.36. The monoisotopic (exact) mass is 242 g/mol. The molecule has 0 aromatic carbocycles. The van der Waals surface area contributed by atoms with E-state index >= 15 is 0 Å². The summed E-state index contributed by atoms with van der Waals surface area (Å²) in [4.78, 5) is 2.65. The Morgan fingerprint density at radius 2 is 2.24 bits per heavy atom. The second kappa shape index (κ2) is 9.86. The van der Waals surface area contributed by atoms with Crippen LogP contribution < -0.4 is 5.32 Å². The van der Waals surface area contributed by atoms with Crippen molar-refractivity contribution in [3.05, 3.63) is 0 Å². The third kappa shape index (κ3) is 7.02. The second-order valence-electron chi connectivity index (χ2n) is 5.21. The van der Waals surface area contributed by atoms with Crippen molar-refractivity contribution in [1.29, 1.82) is 0 Å². The van der Waals surface area contributed by atoms with E-state index in [1.54, 1.807) is 7.11 Å². The van der Waals surface area contributed by atoms with Crippen LogP contribution >= 0.6 is 0 Å². The number of hydrogen-bond donors (Lipinski definition) is 1. The highest BCUT2D eigenvalue weighted by Crippen LogP contribution is 2.16. The molecule has 1 unspecified atom stereocenters. The van der Waals surface area contributed by atoms with E-state index in [1.165, 1.54) is 51.7 Å². The van der Waals surface area contributed by atoms with Crippen LogP contribution in [0.3, 0.4) is 0 Å². The molecule has 0 saturated carbocycles. The van der Waals surface area contributed by atoms with Crippen LogP contribution in [0.15, 0.2) is 0 Å². The minimum Gasteiger partial charge on any atom is -0.383 e. The first-order valence-corrected chi connectivity index (χ1v) is 7.28. The van der Waals surface area contributed by atoms with Gasteiger partial charge in [0.15, 0.2) is 0 Å². The lowest BCUT2D eigenvalue weighted by atomic mass is 9.97. The number of likely N-dealkylation sites (tertiary alicyclic amines) is 1. The molecule has 0 bridgehead atoms. The number of piperidine rings is 1. The maximum atomic E-state index is 5.04. The zero-order chi connectivity index (χ0) is 12.3. The van der Waals surface area contributed by atoms with Crippen molar-refractivity contribution in [3.8, 4) is 0 Å². The molecule has 17 heavy (non-hydrogen) atoms. The number of rotatable bonds is 9. The molecule has 1 rings (SSSR count). The molecule has 0 amide bonds. The summed E-state index contributed by atoms with van der Waals surface area (Å²) in [5, 5.41) is 3.49. The fraction of sp³-hybridized carbons (Fsp3) is 1.00. The lowest BCUT2D eigenvalue weighted by Gasteiger charge is -2.32. The average molecular weight is 242 g/mol. The third-order valence-electron chi connectivity index (χ3n) is 3.60. The van der Waals surface area contributed by atoms with E-state index in [0.717, 1.165) is 25.6 Å². The molecule has 1 heterocycles. The van der Waals surface area contributed by atoms with Gasteiger partial charge in [0.05, 0.1) is 6.61 Å². The van der Waals surface area contributed by atoms with Crippen LogP contribution in [0, 0.1) is 5.92 Å². The molecule has 3 nitrogen and oxygen atoms in total. The minimum atomic E-state index is 0.826. The standard InChI is InChI=1S/C14H30N2O/c1-3-4-5-9-16-10-6-7-14(13-16)12-15-8-11-17-2/h14-15H,3-13H2,1-2H3. The van der Waals surface area contributed by atoms with E-state index < -0.39 is 0 Å². The van der Waals surface area contributed by atoms with E-state index in [2.05, 4.69) is 17.1 Å². The first-order valence-electron chi connectivity index (χ1n) is 7.28. The molecular weight excluding hydrogens is 212 g/mol. The van der Waals surface area contributed by atoms with Gasteiger partial charge in [-0.1, -0.05) is 19.8 Å². The molecule has 1 fully saturated rings. The molecule has 1 saturated heterocycles. The zero-order valence-electron chi connectivity index (χ0n) is 11.7. The lowest BCUT2D eigenvalue weighted by molar-refractivity contribution is 0.163. The molecular formula is C14H30N2O. The third-order valence-corrected chi connectivity index (χ3v) is 3.60. The van der Waals surface area contributed by atoms with Crippen LogP contribution in [0.2, 0.25) is 0 Å². The Labute approximate surface area is 107 Å². The normalized spacial score (nSPS) is 21.9. The summed E-state index contributed by atoms with van der Waals surface area (Å²) in [6.45, 7) is 9.17. The van der Waals surface area contributed by atoms with Crippen molar-refractivity contribution in [2.75, 3.05) is 46.4 Å². The van der Waals surface area contributed by atoms with Gasteiger partial charge in [-0.15, -0.1) is 0 Å². The van der Waals surface area contributed by atoms with Gasteiger partial charge in [0, 0.05) is 20.2 Å². The fourth-order valence-corrected chi connectivity index (χ4v) is 2.59. The molecule has 1 atom stereocenters. The van der Waals surface area contributed by atoms with E-state index in [1.807, 2.05) is 0 Å².